The molecule has 0 aromatic rings. The van der Waals surface area contributed by atoms with Crippen LogP contribution in [0.4, 0.5) is 13.2 Å². The topological polar surface area (TPSA) is 61.4 Å². The van der Waals surface area contributed by atoms with Crippen LogP contribution in [-0.4, -0.2) is 21.4 Å². The van der Waals surface area contributed by atoms with Crippen LogP contribution in [0.3, 0.4) is 0 Å². The summed E-state index contributed by atoms with van der Waals surface area (Å²) in [5.41, 5.74) is -4.92. The van der Waals surface area contributed by atoms with E-state index in [2.05, 4.69) is 4.18 Å². The molecule has 0 amide bonds. The van der Waals surface area contributed by atoms with E-state index in [0.717, 1.165) is 7.11 Å². The maximum Gasteiger partial charge on any atom is 0.593 e. The van der Waals surface area contributed by atoms with Gasteiger partial charge in [-0.15, -0.1) is 13.2 Å². The molecule has 0 saturated heterocycles. The maximum absolute atomic E-state index is 11.4. The third-order valence-corrected chi connectivity index (χ3v) is 2.38. The molecular formula is C2H4F3NO3S2. The average molecular weight is 211 g/mol. The zero-order valence-corrected chi connectivity index (χ0v) is 6.81. The fourth-order valence-electron chi connectivity index (χ4n) is 0.143. The Morgan fingerprint density at radius 1 is 1.64 bits per heavy atom. The van der Waals surface area contributed by atoms with Crippen molar-refractivity contribution in [3.8, 4) is 0 Å². The number of nitrogens with one attached hydrogen (secondary N) is 1. The fourth-order valence-corrected chi connectivity index (χ4v) is 1.29. The second-order valence-electron chi connectivity index (χ2n) is 1.20. The lowest BCUT2D eigenvalue weighted by molar-refractivity contribution is -0.0440. The maximum atomic E-state index is 11.4. The third kappa shape index (κ3) is 4.58. The summed E-state index contributed by atoms with van der Waals surface area (Å²) >= 11 is -5.72. The van der Waals surface area contributed by atoms with Gasteiger partial charge in [-0.3, -0.25) is 4.18 Å². The van der Waals surface area contributed by atoms with Crippen LogP contribution < -0.4 is 4.13 Å². The van der Waals surface area contributed by atoms with Gasteiger partial charge >= 0.3 is 5.51 Å². The molecule has 0 heterocycles. The lowest BCUT2D eigenvalue weighted by Crippen LogP contribution is -2.37. The average Bonchev–Trinajstić information content (AvgIpc) is 1.85. The summed E-state index contributed by atoms with van der Waals surface area (Å²) in [5, 5.41) is 0. The summed E-state index contributed by atoms with van der Waals surface area (Å²) in [7, 11) is 0.913. The van der Waals surface area contributed by atoms with E-state index in [-0.39, 0.29) is 0 Å². The third-order valence-electron chi connectivity index (χ3n) is 0.505. The van der Waals surface area contributed by atoms with Crippen LogP contribution in [0.1, 0.15) is 0 Å². The second kappa shape index (κ2) is 4.26. The largest absolute Gasteiger partial charge is 0.593 e. The van der Waals surface area contributed by atoms with E-state index in [4.69, 9.17) is 0 Å². The summed E-state index contributed by atoms with van der Waals surface area (Å²) < 4.78 is 59.4. The first kappa shape index (κ1) is 11.2. The van der Waals surface area contributed by atoms with Gasteiger partial charge < -0.3 is 4.55 Å². The Balaban J connectivity index is 3.87. The number of hydrogen-bond donors (Lipinski definition) is 1. The van der Waals surface area contributed by atoms with Gasteiger partial charge in [0.05, 0.1) is 7.11 Å². The van der Waals surface area contributed by atoms with Gasteiger partial charge in [0.15, 0.2) is 11.4 Å². The van der Waals surface area contributed by atoms with Crippen LogP contribution in [-0.2, 0) is 26.8 Å². The Bertz CT molecular complexity index is 150. The molecule has 0 aliphatic carbocycles. The van der Waals surface area contributed by atoms with Gasteiger partial charge in [0.25, 0.3) is 11.3 Å². The van der Waals surface area contributed by atoms with Crippen molar-refractivity contribution < 1.29 is 26.1 Å². The van der Waals surface area contributed by atoms with E-state index >= 15 is 0 Å². The molecule has 0 saturated carbocycles. The van der Waals surface area contributed by atoms with Gasteiger partial charge in [-0.05, 0) is 4.13 Å². The minimum absolute atomic E-state index is 0.913. The molecular weight excluding hydrogens is 207 g/mol. The minimum atomic E-state index is -4.92. The molecule has 0 radical (unpaired) electrons. The van der Waals surface area contributed by atoms with Gasteiger partial charge in [-0.2, -0.15) is 0 Å². The van der Waals surface area contributed by atoms with Crippen molar-refractivity contribution in [3.05, 3.63) is 0 Å². The zero-order chi connectivity index (χ0) is 9.07. The van der Waals surface area contributed by atoms with E-state index in [9.17, 15) is 21.9 Å². The van der Waals surface area contributed by atoms with E-state index < -0.39 is 28.1 Å². The quantitative estimate of drug-likeness (QED) is 0.667. The monoisotopic (exact) mass is 211 g/mol. The zero-order valence-electron chi connectivity index (χ0n) is 5.18. The second-order valence-corrected chi connectivity index (χ2v) is 3.67. The van der Waals surface area contributed by atoms with Crippen LogP contribution in [0, 0.1) is 0 Å². The predicted molar refractivity (Wildman–Crippen MR) is 32.5 cm³/mol. The number of halogens is 3. The first-order valence-electron chi connectivity index (χ1n) is 2.09. The molecule has 0 bridgehead atoms. The Morgan fingerprint density at radius 2 is 2.09 bits per heavy atom. The number of hydrogen-bond acceptors (Lipinski definition) is 3. The van der Waals surface area contributed by atoms with E-state index in [1.165, 1.54) is 4.13 Å². The lowest BCUT2D eigenvalue weighted by Gasteiger charge is -2.09. The van der Waals surface area contributed by atoms with Gasteiger partial charge in [-0.25, -0.2) is 4.21 Å². The van der Waals surface area contributed by atoms with Crippen molar-refractivity contribution in [3.63, 3.8) is 0 Å². The molecule has 0 spiro atoms. The van der Waals surface area contributed by atoms with E-state index in [1.54, 1.807) is 0 Å². The molecule has 68 valence electrons. The highest BCUT2D eigenvalue weighted by molar-refractivity contribution is 8.00. The van der Waals surface area contributed by atoms with Gasteiger partial charge in [0.1, 0.15) is 0 Å². The smallest absolute Gasteiger partial charge is 0.590 e. The molecule has 9 heteroatoms. The summed E-state index contributed by atoms with van der Waals surface area (Å²) in [4.78, 5) is 0. The highest BCUT2D eigenvalue weighted by Crippen LogP contribution is 2.21. The van der Waals surface area contributed by atoms with Crippen molar-refractivity contribution in [2.24, 2.45) is 0 Å². The SMILES string of the molecule is COS(=O)N[S+]([O-])C(F)(F)F. The molecule has 1 N–H and O–H groups in total. The molecule has 4 nitrogen and oxygen atoms in total. The molecule has 2 atom stereocenters. The fraction of sp³-hybridized carbons (Fsp3) is 1.00. The summed E-state index contributed by atoms with van der Waals surface area (Å²) in [5.74, 6) is 0. The molecule has 0 aromatic carbocycles. The molecule has 0 aliphatic heterocycles. The first-order chi connectivity index (χ1) is 4.88. The Hall–Kier alpha value is 0.170. The lowest BCUT2D eigenvalue weighted by atomic mass is 11.6. The van der Waals surface area contributed by atoms with E-state index in [0.29, 0.717) is 0 Å². The van der Waals surface area contributed by atoms with Crippen LogP contribution in [0.15, 0.2) is 0 Å². The van der Waals surface area contributed by atoms with Crippen LogP contribution in [0.5, 0.6) is 0 Å². The Morgan fingerprint density at radius 3 is 2.36 bits per heavy atom. The van der Waals surface area contributed by atoms with E-state index in [1.807, 2.05) is 0 Å². The normalized spacial score (nSPS) is 17.9. The minimum Gasteiger partial charge on any atom is -0.590 e. The summed E-state index contributed by atoms with van der Waals surface area (Å²) in [6, 6.07) is 0. The molecule has 0 aliphatic rings. The van der Waals surface area contributed by atoms with Gasteiger partial charge in [0, 0.05) is 0 Å². The van der Waals surface area contributed by atoms with Crippen molar-refractivity contribution in [2.75, 3.05) is 7.11 Å². The summed E-state index contributed by atoms with van der Waals surface area (Å²) in [6.07, 6.45) is 0. The van der Waals surface area contributed by atoms with Crippen molar-refractivity contribution in [1.82, 2.24) is 4.13 Å². The van der Waals surface area contributed by atoms with Gasteiger partial charge in [-0.1, -0.05) is 0 Å². The number of rotatable bonds is 3. The van der Waals surface area contributed by atoms with Crippen molar-refractivity contribution >= 4 is 22.6 Å². The molecule has 2 unspecified atom stereocenters. The molecule has 0 fully saturated rings. The van der Waals surface area contributed by atoms with Crippen molar-refractivity contribution in [2.45, 2.75) is 5.51 Å². The summed E-state index contributed by atoms with van der Waals surface area (Å²) in [6.45, 7) is 0. The van der Waals surface area contributed by atoms with Crippen LogP contribution in [0.2, 0.25) is 0 Å². The molecule has 0 aromatic heterocycles. The first-order valence-corrected chi connectivity index (χ1v) is 4.31. The number of alkyl halides is 3. The van der Waals surface area contributed by atoms with Crippen LogP contribution in [0.25, 0.3) is 0 Å². The van der Waals surface area contributed by atoms with Crippen LogP contribution >= 0.6 is 0 Å². The Kier molecular flexibility index (Phi) is 4.32. The van der Waals surface area contributed by atoms with Gasteiger partial charge in [0.2, 0.25) is 0 Å². The standard InChI is InChI=1S/C2H4F3NO3S2/c1-9-11(8)6-10(7)2(3,4)5/h6H,1H3. The highest BCUT2D eigenvalue weighted by atomic mass is 32.3. The van der Waals surface area contributed by atoms with Crippen molar-refractivity contribution in [1.29, 1.82) is 0 Å². The molecule has 0 rings (SSSR count). The Labute approximate surface area is 66.2 Å². The predicted octanol–water partition coefficient (Wildman–Crippen LogP) is -0.0154. The highest BCUT2D eigenvalue weighted by Gasteiger charge is 2.46. The molecule has 11 heavy (non-hydrogen) atoms.